The fourth-order valence-electron chi connectivity index (χ4n) is 2.99. The zero-order chi connectivity index (χ0) is 14.9. The molecule has 0 bridgehead atoms. The van der Waals surface area contributed by atoms with Crippen LogP contribution in [0.5, 0.6) is 0 Å². The van der Waals surface area contributed by atoms with E-state index in [2.05, 4.69) is 34.5 Å². The van der Waals surface area contributed by atoms with E-state index in [1.165, 1.54) is 0 Å². The third-order valence-corrected chi connectivity index (χ3v) is 6.77. The van der Waals surface area contributed by atoms with E-state index in [-0.39, 0.29) is 10.9 Å². The molecule has 0 aromatic heterocycles. The second kappa shape index (κ2) is 6.03. The molecule has 2 rings (SSSR count). The zero-order valence-electron chi connectivity index (χ0n) is 11.8. The van der Waals surface area contributed by atoms with Gasteiger partial charge in [0, 0.05) is 16.2 Å². The van der Waals surface area contributed by atoms with E-state index in [0.717, 1.165) is 19.3 Å². The Bertz CT molecular complexity index is 589. The molecule has 4 nitrogen and oxygen atoms in total. The minimum atomic E-state index is -3.51. The summed E-state index contributed by atoms with van der Waals surface area (Å²) >= 11 is 3.27. The Labute approximate surface area is 129 Å². The first-order valence-electron chi connectivity index (χ1n) is 6.92. The molecule has 1 aliphatic rings. The molecule has 112 valence electrons. The van der Waals surface area contributed by atoms with Gasteiger partial charge in [-0.3, -0.25) is 0 Å². The van der Waals surface area contributed by atoms with Crippen molar-refractivity contribution in [3.63, 3.8) is 0 Å². The number of sulfonamides is 1. The molecule has 1 fully saturated rings. The summed E-state index contributed by atoms with van der Waals surface area (Å²) in [5.41, 5.74) is 6.19. The van der Waals surface area contributed by atoms with Crippen molar-refractivity contribution < 1.29 is 8.42 Å². The van der Waals surface area contributed by atoms with Crippen LogP contribution >= 0.6 is 15.9 Å². The lowest BCUT2D eigenvalue weighted by Crippen LogP contribution is -2.37. The maximum absolute atomic E-state index is 12.5. The fraction of sp³-hybridized carbons (Fsp3) is 0.571. The van der Waals surface area contributed by atoms with Crippen molar-refractivity contribution >= 4 is 31.6 Å². The topological polar surface area (TPSA) is 72.2 Å². The smallest absolute Gasteiger partial charge is 0.241 e. The molecule has 3 N–H and O–H groups in total. The largest absolute Gasteiger partial charge is 0.399 e. The lowest BCUT2D eigenvalue weighted by molar-refractivity contribution is 0.368. The molecule has 0 saturated heterocycles. The molecule has 0 aliphatic heterocycles. The van der Waals surface area contributed by atoms with Gasteiger partial charge >= 0.3 is 0 Å². The van der Waals surface area contributed by atoms with Gasteiger partial charge in [0.15, 0.2) is 0 Å². The molecule has 1 saturated carbocycles. The van der Waals surface area contributed by atoms with Crippen molar-refractivity contribution in [3.8, 4) is 0 Å². The fourth-order valence-corrected chi connectivity index (χ4v) is 5.44. The van der Waals surface area contributed by atoms with E-state index in [4.69, 9.17) is 5.73 Å². The van der Waals surface area contributed by atoms with Crippen molar-refractivity contribution in [3.05, 3.63) is 22.7 Å². The minimum Gasteiger partial charge on any atom is -0.399 e. The molecular formula is C14H21BrN2O2S. The monoisotopic (exact) mass is 360 g/mol. The summed E-state index contributed by atoms with van der Waals surface area (Å²) in [5.74, 6) is 0.986. The number of hydrogen-bond donors (Lipinski definition) is 2. The Morgan fingerprint density at radius 2 is 2.10 bits per heavy atom. The first kappa shape index (κ1) is 15.8. The molecule has 3 atom stereocenters. The van der Waals surface area contributed by atoms with Crippen molar-refractivity contribution in [1.29, 1.82) is 0 Å². The van der Waals surface area contributed by atoms with Crippen molar-refractivity contribution in [1.82, 2.24) is 4.72 Å². The Kier molecular flexibility index (Phi) is 4.76. The van der Waals surface area contributed by atoms with E-state index in [9.17, 15) is 8.42 Å². The van der Waals surface area contributed by atoms with Gasteiger partial charge in [-0.1, -0.05) is 20.3 Å². The predicted molar refractivity (Wildman–Crippen MR) is 84.8 cm³/mol. The molecule has 6 heteroatoms. The van der Waals surface area contributed by atoms with Crippen LogP contribution in [0.3, 0.4) is 0 Å². The zero-order valence-corrected chi connectivity index (χ0v) is 14.2. The molecule has 1 aliphatic carbocycles. The third-order valence-electron chi connectivity index (χ3n) is 4.30. The Morgan fingerprint density at radius 3 is 2.65 bits per heavy atom. The maximum atomic E-state index is 12.5. The molecule has 0 spiro atoms. The molecule has 3 unspecified atom stereocenters. The van der Waals surface area contributed by atoms with Gasteiger partial charge in [-0.05, 0) is 58.8 Å². The first-order valence-corrected chi connectivity index (χ1v) is 9.20. The van der Waals surface area contributed by atoms with E-state index < -0.39 is 10.0 Å². The van der Waals surface area contributed by atoms with Gasteiger partial charge in [0.1, 0.15) is 0 Å². The molecule has 0 amide bonds. The Hall–Kier alpha value is -0.590. The third kappa shape index (κ3) is 3.18. The average Bonchev–Trinajstić information content (AvgIpc) is 2.69. The summed E-state index contributed by atoms with van der Waals surface area (Å²) in [6.07, 6.45) is 3.10. The van der Waals surface area contributed by atoms with E-state index >= 15 is 0 Å². The van der Waals surface area contributed by atoms with Crippen molar-refractivity contribution in [2.45, 2.75) is 44.0 Å². The lowest BCUT2D eigenvalue weighted by atomic mass is 9.94. The summed E-state index contributed by atoms with van der Waals surface area (Å²) in [6, 6.07) is 4.78. The number of nitrogens with one attached hydrogen (secondary N) is 1. The van der Waals surface area contributed by atoms with Crippen LogP contribution in [0.15, 0.2) is 27.6 Å². The SMILES string of the molecule is CCC1CCC(NS(=O)(=O)c2ccc(N)cc2Br)C1C. The van der Waals surface area contributed by atoms with Gasteiger partial charge in [0.05, 0.1) is 4.90 Å². The maximum Gasteiger partial charge on any atom is 0.241 e. The van der Waals surface area contributed by atoms with Crippen LogP contribution in [0.1, 0.15) is 33.1 Å². The van der Waals surface area contributed by atoms with Gasteiger partial charge < -0.3 is 5.73 Å². The van der Waals surface area contributed by atoms with Crippen LogP contribution < -0.4 is 10.5 Å². The van der Waals surface area contributed by atoms with E-state index in [0.29, 0.717) is 22.0 Å². The number of nitrogens with two attached hydrogens (primary N) is 1. The second-order valence-electron chi connectivity index (χ2n) is 5.52. The normalized spacial score (nSPS) is 26.9. The summed E-state index contributed by atoms with van der Waals surface area (Å²) in [4.78, 5) is 0.249. The number of hydrogen-bond acceptors (Lipinski definition) is 3. The van der Waals surface area contributed by atoms with Crippen LogP contribution in [0.4, 0.5) is 5.69 Å². The highest BCUT2D eigenvalue weighted by molar-refractivity contribution is 9.10. The summed E-state index contributed by atoms with van der Waals surface area (Å²) in [7, 11) is -3.51. The van der Waals surface area contributed by atoms with E-state index in [1.807, 2.05) is 0 Å². The van der Waals surface area contributed by atoms with Crippen LogP contribution in [-0.2, 0) is 10.0 Å². The van der Waals surface area contributed by atoms with E-state index in [1.54, 1.807) is 18.2 Å². The summed E-state index contributed by atoms with van der Waals surface area (Å²) in [5, 5.41) is 0. The number of nitrogen functional groups attached to an aromatic ring is 1. The molecule has 1 aromatic rings. The number of rotatable bonds is 4. The number of anilines is 1. The standard InChI is InChI=1S/C14H21BrN2O2S/c1-3-10-4-6-13(9(10)2)17-20(18,19)14-7-5-11(16)8-12(14)15/h5,7-10,13,17H,3-4,6,16H2,1-2H3. The average molecular weight is 361 g/mol. The molecular weight excluding hydrogens is 340 g/mol. The molecule has 0 radical (unpaired) electrons. The van der Waals surface area contributed by atoms with Crippen LogP contribution in [0.2, 0.25) is 0 Å². The Morgan fingerprint density at radius 1 is 1.40 bits per heavy atom. The highest BCUT2D eigenvalue weighted by Crippen LogP contribution is 2.35. The molecule has 0 heterocycles. The summed E-state index contributed by atoms with van der Waals surface area (Å²) < 4.78 is 28.3. The van der Waals surface area contributed by atoms with Gasteiger partial charge in [0.25, 0.3) is 0 Å². The van der Waals surface area contributed by atoms with Crippen LogP contribution in [0, 0.1) is 11.8 Å². The summed E-state index contributed by atoms with van der Waals surface area (Å²) in [6.45, 7) is 4.29. The van der Waals surface area contributed by atoms with Gasteiger partial charge in [-0.15, -0.1) is 0 Å². The highest BCUT2D eigenvalue weighted by atomic mass is 79.9. The molecule has 20 heavy (non-hydrogen) atoms. The molecule has 1 aromatic carbocycles. The first-order chi connectivity index (χ1) is 9.35. The number of halogens is 1. The van der Waals surface area contributed by atoms with Gasteiger partial charge in [0.2, 0.25) is 10.0 Å². The van der Waals surface area contributed by atoms with Crippen LogP contribution in [-0.4, -0.2) is 14.5 Å². The Balaban J connectivity index is 2.20. The van der Waals surface area contributed by atoms with Crippen molar-refractivity contribution in [2.24, 2.45) is 11.8 Å². The predicted octanol–water partition coefficient (Wildman–Crippen LogP) is 3.13. The number of benzene rings is 1. The van der Waals surface area contributed by atoms with Crippen molar-refractivity contribution in [2.75, 3.05) is 5.73 Å². The lowest BCUT2D eigenvalue weighted by Gasteiger charge is -2.21. The quantitative estimate of drug-likeness (QED) is 0.810. The van der Waals surface area contributed by atoms with Crippen LogP contribution in [0.25, 0.3) is 0 Å². The van der Waals surface area contributed by atoms with Gasteiger partial charge in [-0.2, -0.15) is 0 Å². The second-order valence-corrected chi connectivity index (χ2v) is 8.06. The minimum absolute atomic E-state index is 0.0226. The van der Waals surface area contributed by atoms with Gasteiger partial charge in [-0.25, -0.2) is 13.1 Å². The highest BCUT2D eigenvalue weighted by Gasteiger charge is 2.34.